The second-order valence-electron chi connectivity index (χ2n) is 9.87. The van der Waals surface area contributed by atoms with Gasteiger partial charge in [0.25, 0.3) is 5.91 Å². The molecule has 1 aliphatic heterocycles. The quantitative estimate of drug-likeness (QED) is 0.440. The number of carbonyl (C=O) groups excluding carboxylic acids is 2. The molecular weight excluding hydrogens is 455 g/mol. The Balaban J connectivity index is 1.60. The number of benzene rings is 3. The van der Waals surface area contributed by atoms with E-state index in [1.54, 1.807) is 19.1 Å². The van der Waals surface area contributed by atoms with E-state index in [1.165, 1.54) is 12.1 Å². The molecule has 1 heterocycles. The van der Waals surface area contributed by atoms with Crippen LogP contribution in [0, 0.1) is 18.7 Å². The largest absolute Gasteiger partial charge is 0.481 e. The molecule has 1 aliphatic rings. The van der Waals surface area contributed by atoms with Gasteiger partial charge in [-0.15, -0.1) is 0 Å². The first-order valence-corrected chi connectivity index (χ1v) is 12.4. The summed E-state index contributed by atoms with van der Waals surface area (Å²) < 4.78 is 19.7. The van der Waals surface area contributed by atoms with E-state index < -0.39 is 6.10 Å². The van der Waals surface area contributed by atoms with Crippen LogP contribution in [0.2, 0.25) is 0 Å². The Labute approximate surface area is 212 Å². The number of hydrogen-bond donors (Lipinski definition) is 1. The molecule has 3 aromatic carbocycles. The molecule has 36 heavy (non-hydrogen) atoms. The predicted molar refractivity (Wildman–Crippen MR) is 139 cm³/mol. The molecule has 0 spiro atoms. The van der Waals surface area contributed by atoms with Crippen molar-refractivity contribution in [3.05, 3.63) is 94.8 Å². The lowest BCUT2D eigenvalue weighted by atomic mass is 9.87. The van der Waals surface area contributed by atoms with Crippen molar-refractivity contribution in [3.8, 4) is 5.75 Å². The molecule has 0 aromatic heterocycles. The first kappa shape index (κ1) is 25.4. The number of halogens is 1. The maximum absolute atomic E-state index is 13.7. The van der Waals surface area contributed by atoms with Crippen LogP contribution in [0.3, 0.4) is 0 Å². The van der Waals surface area contributed by atoms with E-state index in [-0.39, 0.29) is 29.6 Å². The Morgan fingerprint density at radius 2 is 1.81 bits per heavy atom. The van der Waals surface area contributed by atoms with Crippen LogP contribution < -0.4 is 10.1 Å². The summed E-state index contributed by atoms with van der Waals surface area (Å²) in [5.74, 6) is 0.283. The van der Waals surface area contributed by atoms with Gasteiger partial charge in [-0.3, -0.25) is 9.59 Å². The monoisotopic (exact) mass is 488 g/mol. The fourth-order valence-electron chi connectivity index (χ4n) is 4.63. The van der Waals surface area contributed by atoms with Gasteiger partial charge in [0.15, 0.2) is 6.10 Å². The van der Waals surface area contributed by atoms with E-state index in [4.69, 9.17) is 4.74 Å². The molecule has 6 heteroatoms. The zero-order valence-corrected chi connectivity index (χ0v) is 21.3. The molecule has 2 atom stereocenters. The SMILES string of the molecule is Cc1cccc(NC(=O)C(C)Oc2ccc3c(c2)C(c2ccc(F)cc2)N(C(=O)CC(C)C)CC3)c1. The third kappa shape index (κ3) is 5.93. The summed E-state index contributed by atoms with van der Waals surface area (Å²) in [6.45, 7) is 8.32. The minimum absolute atomic E-state index is 0.0715. The van der Waals surface area contributed by atoms with E-state index in [2.05, 4.69) is 5.32 Å². The topological polar surface area (TPSA) is 58.6 Å². The Morgan fingerprint density at radius 1 is 1.06 bits per heavy atom. The first-order chi connectivity index (χ1) is 17.2. The van der Waals surface area contributed by atoms with E-state index in [0.29, 0.717) is 18.7 Å². The summed E-state index contributed by atoms with van der Waals surface area (Å²) in [5, 5.41) is 2.89. The van der Waals surface area contributed by atoms with Crippen molar-refractivity contribution in [2.75, 3.05) is 11.9 Å². The van der Waals surface area contributed by atoms with Gasteiger partial charge in [0.05, 0.1) is 6.04 Å². The number of anilines is 1. The molecule has 0 saturated carbocycles. The number of hydrogen-bond acceptors (Lipinski definition) is 3. The third-order valence-electron chi connectivity index (χ3n) is 6.40. The highest BCUT2D eigenvalue weighted by Crippen LogP contribution is 2.38. The van der Waals surface area contributed by atoms with Gasteiger partial charge in [-0.05, 0) is 84.8 Å². The van der Waals surface area contributed by atoms with Gasteiger partial charge in [-0.2, -0.15) is 0 Å². The second-order valence-corrected chi connectivity index (χ2v) is 9.87. The molecular formula is C30H33FN2O3. The summed E-state index contributed by atoms with van der Waals surface area (Å²) in [5.41, 5.74) is 4.67. The van der Waals surface area contributed by atoms with Crippen molar-refractivity contribution in [2.24, 2.45) is 5.92 Å². The fraction of sp³-hybridized carbons (Fsp3) is 0.333. The molecule has 188 valence electrons. The molecule has 5 nitrogen and oxygen atoms in total. The fourth-order valence-corrected chi connectivity index (χ4v) is 4.63. The molecule has 1 N–H and O–H groups in total. The van der Waals surface area contributed by atoms with Crippen molar-refractivity contribution >= 4 is 17.5 Å². The van der Waals surface area contributed by atoms with Crippen molar-refractivity contribution in [3.63, 3.8) is 0 Å². The summed E-state index contributed by atoms with van der Waals surface area (Å²) in [7, 11) is 0. The van der Waals surface area contributed by atoms with Crippen LogP contribution in [0.25, 0.3) is 0 Å². The Kier molecular flexibility index (Phi) is 7.73. The molecule has 0 aliphatic carbocycles. The molecule has 2 unspecified atom stereocenters. The molecule has 0 saturated heterocycles. The number of rotatable bonds is 7. The van der Waals surface area contributed by atoms with Crippen LogP contribution in [0.4, 0.5) is 10.1 Å². The summed E-state index contributed by atoms with van der Waals surface area (Å²) >= 11 is 0. The minimum Gasteiger partial charge on any atom is -0.481 e. The molecule has 3 aromatic rings. The number of nitrogens with zero attached hydrogens (tertiary/aromatic N) is 1. The minimum atomic E-state index is -0.727. The predicted octanol–water partition coefficient (Wildman–Crippen LogP) is 6.06. The van der Waals surface area contributed by atoms with Gasteiger partial charge >= 0.3 is 0 Å². The van der Waals surface area contributed by atoms with Crippen molar-refractivity contribution < 1.29 is 18.7 Å². The highest BCUT2D eigenvalue weighted by Gasteiger charge is 2.32. The lowest BCUT2D eigenvalue weighted by molar-refractivity contribution is -0.134. The zero-order chi connectivity index (χ0) is 25.8. The molecule has 4 rings (SSSR count). The number of aryl methyl sites for hydroxylation is 1. The van der Waals surface area contributed by atoms with Gasteiger partial charge in [0.2, 0.25) is 5.91 Å². The third-order valence-corrected chi connectivity index (χ3v) is 6.40. The second kappa shape index (κ2) is 10.9. The van der Waals surface area contributed by atoms with Crippen LogP contribution in [0.1, 0.15) is 55.5 Å². The number of nitrogens with one attached hydrogen (secondary N) is 1. The van der Waals surface area contributed by atoms with Gasteiger partial charge < -0.3 is 15.0 Å². The average molecular weight is 489 g/mol. The van der Waals surface area contributed by atoms with Crippen molar-refractivity contribution in [1.29, 1.82) is 0 Å². The maximum Gasteiger partial charge on any atom is 0.265 e. The number of amides is 2. The molecule has 0 bridgehead atoms. The standard InChI is InChI=1S/C30H33FN2O3/c1-19(2)16-28(34)33-15-14-22-10-13-26(18-27(22)29(33)23-8-11-24(31)12-9-23)36-21(4)30(35)32-25-7-5-6-20(3)17-25/h5-13,17-19,21,29H,14-16H2,1-4H3,(H,32,35). The Bertz CT molecular complexity index is 1240. The number of ether oxygens (including phenoxy) is 1. The normalized spacial score (nSPS) is 15.8. The van der Waals surface area contributed by atoms with E-state index in [9.17, 15) is 14.0 Å². The molecule has 0 radical (unpaired) electrons. The summed E-state index contributed by atoms with van der Waals surface area (Å²) in [4.78, 5) is 27.8. The molecule has 0 fully saturated rings. The lowest BCUT2D eigenvalue weighted by Crippen LogP contribution is -2.41. The number of fused-ring (bicyclic) bond motifs is 1. The average Bonchev–Trinajstić information content (AvgIpc) is 2.83. The highest BCUT2D eigenvalue weighted by molar-refractivity contribution is 5.94. The van der Waals surface area contributed by atoms with Gasteiger partial charge in [-0.1, -0.05) is 44.2 Å². The van der Waals surface area contributed by atoms with Crippen LogP contribution in [-0.2, 0) is 16.0 Å². The van der Waals surface area contributed by atoms with Gasteiger partial charge in [0.1, 0.15) is 11.6 Å². The van der Waals surface area contributed by atoms with Crippen LogP contribution >= 0.6 is 0 Å². The molecule has 2 amide bonds. The van der Waals surface area contributed by atoms with E-state index in [1.807, 2.05) is 68.1 Å². The smallest absolute Gasteiger partial charge is 0.265 e. The zero-order valence-electron chi connectivity index (χ0n) is 21.3. The van der Waals surface area contributed by atoms with Gasteiger partial charge in [0, 0.05) is 18.7 Å². The maximum atomic E-state index is 13.7. The summed E-state index contributed by atoms with van der Waals surface area (Å²) in [6, 6.07) is 19.3. The van der Waals surface area contributed by atoms with Crippen molar-refractivity contribution in [1.82, 2.24) is 4.90 Å². The van der Waals surface area contributed by atoms with Crippen molar-refractivity contribution in [2.45, 2.75) is 52.7 Å². The van der Waals surface area contributed by atoms with Crippen LogP contribution in [-0.4, -0.2) is 29.4 Å². The van der Waals surface area contributed by atoms with Gasteiger partial charge in [-0.25, -0.2) is 4.39 Å². The highest BCUT2D eigenvalue weighted by atomic mass is 19.1. The van der Waals surface area contributed by atoms with E-state index >= 15 is 0 Å². The Hall–Kier alpha value is -3.67. The van der Waals surface area contributed by atoms with Crippen LogP contribution in [0.5, 0.6) is 5.75 Å². The summed E-state index contributed by atoms with van der Waals surface area (Å²) in [6.07, 6.45) is 0.440. The number of carbonyl (C=O) groups is 2. The first-order valence-electron chi connectivity index (χ1n) is 12.4. The Morgan fingerprint density at radius 3 is 2.50 bits per heavy atom. The van der Waals surface area contributed by atoms with E-state index in [0.717, 1.165) is 34.4 Å². The van der Waals surface area contributed by atoms with Crippen LogP contribution in [0.15, 0.2) is 66.7 Å². The lowest BCUT2D eigenvalue weighted by Gasteiger charge is -2.38.